The zero-order chi connectivity index (χ0) is 12.3. The van der Waals surface area contributed by atoms with Crippen molar-refractivity contribution in [1.82, 2.24) is 9.78 Å². The summed E-state index contributed by atoms with van der Waals surface area (Å²) in [5, 5.41) is 4.04. The van der Waals surface area contributed by atoms with Gasteiger partial charge in [0.15, 0.2) is 0 Å². The van der Waals surface area contributed by atoms with Crippen molar-refractivity contribution in [3.8, 4) is 0 Å². The van der Waals surface area contributed by atoms with Crippen molar-refractivity contribution < 1.29 is 9.53 Å². The highest BCUT2D eigenvalue weighted by Gasteiger charge is 2.16. The molecule has 2 N–H and O–H groups in total. The zero-order valence-electron chi connectivity index (χ0n) is 10.2. The predicted molar refractivity (Wildman–Crippen MR) is 60.7 cm³/mol. The first-order valence-corrected chi connectivity index (χ1v) is 5.28. The first kappa shape index (κ1) is 12.7. The van der Waals surface area contributed by atoms with Gasteiger partial charge in [-0.1, -0.05) is 0 Å². The number of carbonyl (C=O) groups excluding carboxylic acids is 1. The Morgan fingerprint density at radius 2 is 2.25 bits per heavy atom. The van der Waals surface area contributed by atoms with E-state index < -0.39 is 5.60 Å². The summed E-state index contributed by atoms with van der Waals surface area (Å²) in [7, 11) is 0. The van der Waals surface area contributed by atoms with E-state index in [2.05, 4.69) is 5.10 Å². The largest absolute Gasteiger partial charge is 0.459 e. The molecule has 1 rings (SSSR count). The number of aromatic nitrogens is 2. The molecule has 5 nitrogen and oxygen atoms in total. The summed E-state index contributed by atoms with van der Waals surface area (Å²) in [4.78, 5) is 11.5. The summed E-state index contributed by atoms with van der Waals surface area (Å²) in [6.45, 7) is 7.49. The highest BCUT2D eigenvalue weighted by Crippen LogP contribution is 2.09. The Hall–Kier alpha value is -1.36. The minimum atomic E-state index is -0.464. The highest BCUT2D eigenvalue weighted by molar-refractivity contribution is 5.69. The molecule has 0 fully saturated rings. The molecule has 1 aromatic rings. The van der Waals surface area contributed by atoms with E-state index >= 15 is 0 Å². The average molecular weight is 225 g/mol. The van der Waals surface area contributed by atoms with Gasteiger partial charge in [-0.15, -0.1) is 0 Å². The molecule has 0 aliphatic carbocycles. The Bertz CT molecular complexity index is 364. The smallest absolute Gasteiger partial charge is 0.328 e. The van der Waals surface area contributed by atoms with E-state index in [4.69, 9.17) is 10.5 Å². The van der Waals surface area contributed by atoms with Crippen molar-refractivity contribution in [3.63, 3.8) is 0 Å². The third-order valence-corrected chi connectivity index (χ3v) is 1.89. The van der Waals surface area contributed by atoms with Crippen LogP contribution in [0.2, 0.25) is 0 Å². The van der Waals surface area contributed by atoms with Crippen LogP contribution in [0.15, 0.2) is 12.4 Å². The van der Waals surface area contributed by atoms with Crippen LogP contribution >= 0.6 is 0 Å². The number of nitrogens with two attached hydrogens (primary N) is 1. The standard InChI is InChI=1S/C11H19N3O2/c1-8(12)9-5-13-14(6-9)7-10(15)16-11(2,3)4/h5-6,8H,7,12H2,1-4H3/t8-/m0/s1. The Morgan fingerprint density at radius 3 is 2.69 bits per heavy atom. The van der Waals surface area contributed by atoms with Gasteiger partial charge in [0, 0.05) is 17.8 Å². The van der Waals surface area contributed by atoms with Gasteiger partial charge in [0.1, 0.15) is 12.1 Å². The lowest BCUT2D eigenvalue weighted by Crippen LogP contribution is -2.26. The van der Waals surface area contributed by atoms with Crippen LogP contribution in [0.1, 0.15) is 39.3 Å². The summed E-state index contributed by atoms with van der Waals surface area (Å²) in [6, 6.07) is -0.0765. The minimum Gasteiger partial charge on any atom is -0.459 e. The number of esters is 1. The topological polar surface area (TPSA) is 70.1 Å². The number of carbonyl (C=O) groups is 1. The van der Waals surface area contributed by atoms with Gasteiger partial charge in [-0.25, -0.2) is 0 Å². The molecule has 0 radical (unpaired) electrons. The molecular formula is C11H19N3O2. The summed E-state index contributed by atoms with van der Waals surface area (Å²) >= 11 is 0. The highest BCUT2D eigenvalue weighted by atomic mass is 16.6. The Balaban J connectivity index is 2.57. The number of ether oxygens (including phenoxy) is 1. The molecule has 0 aliphatic rings. The third-order valence-electron chi connectivity index (χ3n) is 1.89. The van der Waals surface area contributed by atoms with E-state index in [0.29, 0.717) is 0 Å². The fourth-order valence-electron chi connectivity index (χ4n) is 1.21. The molecule has 0 amide bonds. The van der Waals surface area contributed by atoms with E-state index in [-0.39, 0.29) is 18.6 Å². The van der Waals surface area contributed by atoms with Crippen LogP contribution in [-0.4, -0.2) is 21.4 Å². The molecule has 1 heterocycles. The molecule has 1 aromatic heterocycles. The van der Waals surface area contributed by atoms with Gasteiger partial charge in [-0.2, -0.15) is 5.10 Å². The summed E-state index contributed by atoms with van der Waals surface area (Å²) < 4.78 is 6.71. The van der Waals surface area contributed by atoms with Gasteiger partial charge in [0.2, 0.25) is 0 Å². The maximum atomic E-state index is 11.5. The molecule has 0 saturated carbocycles. The van der Waals surface area contributed by atoms with Crippen LogP contribution in [0, 0.1) is 0 Å². The fraction of sp³-hybridized carbons (Fsp3) is 0.636. The van der Waals surface area contributed by atoms with Crippen molar-refractivity contribution in [2.24, 2.45) is 5.73 Å². The van der Waals surface area contributed by atoms with Crippen LogP contribution in [-0.2, 0) is 16.1 Å². The molecule has 0 spiro atoms. The molecule has 1 atom stereocenters. The van der Waals surface area contributed by atoms with Crippen molar-refractivity contribution in [1.29, 1.82) is 0 Å². The second-order valence-corrected chi connectivity index (χ2v) is 4.85. The van der Waals surface area contributed by atoms with Crippen molar-refractivity contribution >= 4 is 5.97 Å². The average Bonchev–Trinajstić information content (AvgIpc) is 2.48. The van der Waals surface area contributed by atoms with Crippen LogP contribution in [0.3, 0.4) is 0 Å². The molecule has 16 heavy (non-hydrogen) atoms. The third kappa shape index (κ3) is 4.02. The second-order valence-electron chi connectivity index (χ2n) is 4.85. The molecule has 0 saturated heterocycles. The Kier molecular flexibility index (Phi) is 3.70. The van der Waals surface area contributed by atoms with Gasteiger partial charge >= 0.3 is 5.97 Å². The normalized spacial score (nSPS) is 13.6. The lowest BCUT2D eigenvalue weighted by atomic mass is 10.2. The van der Waals surface area contributed by atoms with Crippen LogP contribution in [0.25, 0.3) is 0 Å². The number of hydrogen-bond acceptors (Lipinski definition) is 4. The van der Waals surface area contributed by atoms with Gasteiger partial charge in [0.05, 0.1) is 6.20 Å². The second kappa shape index (κ2) is 4.65. The molecule has 90 valence electrons. The maximum absolute atomic E-state index is 11.5. The first-order chi connectivity index (χ1) is 7.28. The van der Waals surface area contributed by atoms with Gasteiger partial charge in [0.25, 0.3) is 0 Å². The lowest BCUT2D eigenvalue weighted by molar-refractivity contribution is -0.155. The molecule has 0 aromatic carbocycles. The SMILES string of the molecule is C[C@H](N)c1cnn(CC(=O)OC(C)(C)C)c1. The summed E-state index contributed by atoms with van der Waals surface area (Å²) in [6.07, 6.45) is 3.42. The molecule has 0 aliphatic heterocycles. The fourth-order valence-corrected chi connectivity index (χ4v) is 1.21. The van der Waals surface area contributed by atoms with Crippen LogP contribution < -0.4 is 5.73 Å². The van der Waals surface area contributed by atoms with Crippen LogP contribution in [0.5, 0.6) is 0 Å². The minimum absolute atomic E-state index is 0.0765. The summed E-state index contributed by atoms with van der Waals surface area (Å²) in [5.41, 5.74) is 6.13. The predicted octanol–water partition coefficient (Wildman–Crippen LogP) is 1.24. The molecule has 5 heteroatoms. The number of hydrogen-bond donors (Lipinski definition) is 1. The van der Waals surface area contributed by atoms with Gasteiger partial charge < -0.3 is 10.5 Å². The molecule has 0 bridgehead atoms. The van der Waals surface area contributed by atoms with Crippen LogP contribution in [0.4, 0.5) is 0 Å². The maximum Gasteiger partial charge on any atom is 0.328 e. The zero-order valence-corrected chi connectivity index (χ0v) is 10.2. The number of nitrogens with zero attached hydrogens (tertiary/aromatic N) is 2. The van der Waals surface area contributed by atoms with Gasteiger partial charge in [-0.05, 0) is 27.7 Å². The molecule has 0 unspecified atom stereocenters. The quantitative estimate of drug-likeness (QED) is 0.786. The van der Waals surface area contributed by atoms with E-state index in [1.807, 2.05) is 27.7 Å². The lowest BCUT2D eigenvalue weighted by Gasteiger charge is -2.19. The Labute approximate surface area is 95.6 Å². The number of rotatable bonds is 3. The molecular weight excluding hydrogens is 206 g/mol. The monoisotopic (exact) mass is 225 g/mol. The first-order valence-electron chi connectivity index (χ1n) is 5.28. The summed E-state index contributed by atoms with van der Waals surface area (Å²) in [5.74, 6) is -0.299. The Morgan fingerprint density at radius 1 is 1.62 bits per heavy atom. The van der Waals surface area contributed by atoms with Crippen molar-refractivity contribution in [2.75, 3.05) is 0 Å². The van der Waals surface area contributed by atoms with Crippen molar-refractivity contribution in [3.05, 3.63) is 18.0 Å². The van der Waals surface area contributed by atoms with E-state index in [9.17, 15) is 4.79 Å². The van der Waals surface area contributed by atoms with E-state index in [0.717, 1.165) is 5.56 Å². The van der Waals surface area contributed by atoms with E-state index in [1.165, 1.54) is 4.68 Å². The van der Waals surface area contributed by atoms with Gasteiger partial charge in [-0.3, -0.25) is 9.48 Å². The van der Waals surface area contributed by atoms with Crippen molar-refractivity contribution in [2.45, 2.75) is 45.9 Å². The van der Waals surface area contributed by atoms with E-state index in [1.54, 1.807) is 12.4 Å².